The highest BCUT2D eigenvalue weighted by Gasteiger charge is 2.36. The molecule has 2 aliphatic rings. The van der Waals surface area contributed by atoms with Crippen LogP contribution in [0.5, 0.6) is 11.5 Å². The smallest absolute Gasteiger partial charge is 0.318 e. The summed E-state index contributed by atoms with van der Waals surface area (Å²) in [4.78, 5) is 30.7. The van der Waals surface area contributed by atoms with Gasteiger partial charge in [0.2, 0.25) is 5.91 Å². The molecule has 188 valence electrons. The van der Waals surface area contributed by atoms with Crippen LogP contribution in [-0.4, -0.2) is 73.6 Å². The summed E-state index contributed by atoms with van der Waals surface area (Å²) in [7, 11) is 3.25. The molecule has 0 radical (unpaired) electrons. The van der Waals surface area contributed by atoms with Gasteiger partial charge in [0.25, 0.3) is 0 Å². The molecule has 2 aliphatic heterocycles. The number of benzene rings is 2. The molecule has 1 fully saturated rings. The zero-order valence-electron chi connectivity index (χ0n) is 20.8. The number of ether oxygens (including phenoxy) is 2. The van der Waals surface area contributed by atoms with Crippen LogP contribution in [-0.2, 0) is 11.2 Å². The number of nitrogens with zero attached hydrogens (tertiary/aromatic N) is 2. The van der Waals surface area contributed by atoms with Gasteiger partial charge >= 0.3 is 6.03 Å². The van der Waals surface area contributed by atoms with E-state index < -0.39 is 6.04 Å². The number of carbonyl (C=O) groups is 2. The first-order valence-electron chi connectivity index (χ1n) is 12.2. The molecule has 8 heteroatoms. The van der Waals surface area contributed by atoms with Crippen molar-refractivity contribution >= 4 is 23.7 Å². The highest BCUT2D eigenvalue weighted by atomic mass is 32.2. The van der Waals surface area contributed by atoms with Crippen molar-refractivity contribution in [2.24, 2.45) is 0 Å². The van der Waals surface area contributed by atoms with Gasteiger partial charge in [-0.3, -0.25) is 4.79 Å². The molecule has 35 heavy (non-hydrogen) atoms. The minimum Gasteiger partial charge on any atom is -0.493 e. The van der Waals surface area contributed by atoms with E-state index in [2.05, 4.69) is 5.32 Å². The Morgan fingerprint density at radius 2 is 1.74 bits per heavy atom. The average Bonchev–Trinajstić information content (AvgIpc) is 3.44. The number of carbonyl (C=O) groups excluding carboxylic acids is 2. The summed E-state index contributed by atoms with van der Waals surface area (Å²) in [6.07, 6.45) is 5.39. The first-order valence-corrected chi connectivity index (χ1v) is 13.6. The second-order valence-electron chi connectivity index (χ2n) is 8.98. The van der Waals surface area contributed by atoms with Gasteiger partial charge < -0.3 is 24.6 Å². The second kappa shape index (κ2) is 11.7. The Morgan fingerprint density at radius 3 is 2.40 bits per heavy atom. The van der Waals surface area contributed by atoms with E-state index in [1.54, 1.807) is 26.0 Å². The molecular formula is C27H35N3O4S. The van der Waals surface area contributed by atoms with E-state index in [0.717, 1.165) is 48.4 Å². The number of urea groups is 1. The van der Waals surface area contributed by atoms with Crippen molar-refractivity contribution in [3.05, 3.63) is 59.2 Å². The number of fused-ring (bicyclic) bond motifs is 1. The van der Waals surface area contributed by atoms with Crippen molar-refractivity contribution in [2.75, 3.05) is 45.9 Å². The van der Waals surface area contributed by atoms with E-state index >= 15 is 0 Å². The molecule has 7 nitrogen and oxygen atoms in total. The predicted octanol–water partition coefficient (Wildman–Crippen LogP) is 4.11. The average molecular weight is 498 g/mol. The molecular weight excluding hydrogens is 462 g/mol. The molecule has 0 spiro atoms. The fourth-order valence-corrected chi connectivity index (χ4v) is 5.51. The Kier molecular flexibility index (Phi) is 8.44. The summed E-state index contributed by atoms with van der Waals surface area (Å²) >= 11 is 1.69. The van der Waals surface area contributed by atoms with Crippen LogP contribution in [0.4, 0.5) is 4.79 Å². The molecule has 0 aliphatic carbocycles. The zero-order chi connectivity index (χ0) is 24.8. The molecule has 1 N–H and O–H groups in total. The van der Waals surface area contributed by atoms with Crippen molar-refractivity contribution < 1.29 is 19.1 Å². The standard InChI is InChI=1S/C27H35N3O4S/c1-33-23-17-20-11-15-30(25(19-9-5-4-6-10-19)21(20)18-24(23)34-2)27(32)28-22(12-16-35-3)26(31)29-13-7-8-14-29/h4-6,9-10,17-18,22,25H,7-8,11-16H2,1-3H3,(H,28,32). The van der Waals surface area contributed by atoms with Crippen LogP contribution in [0.1, 0.15) is 42.0 Å². The van der Waals surface area contributed by atoms with Crippen LogP contribution < -0.4 is 14.8 Å². The van der Waals surface area contributed by atoms with Crippen LogP contribution in [0, 0.1) is 0 Å². The van der Waals surface area contributed by atoms with Crippen LogP contribution >= 0.6 is 11.8 Å². The minimum atomic E-state index is -0.517. The first-order chi connectivity index (χ1) is 17.1. The Bertz CT molecular complexity index is 1030. The topological polar surface area (TPSA) is 71.1 Å². The third-order valence-electron chi connectivity index (χ3n) is 6.87. The molecule has 1 saturated heterocycles. The number of methoxy groups -OCH3 is 2. The van der Waals surface area contributed by atoms with Crippen molar-refractivity contribution in [3.8, 4) is 11.5 Å². The Morgan fingerprint density at radius 1 is 1.06 bits per heavy atom. The van der Waals surface area contributed by atoms with E-state index in [1.165, 1.54) is 0 Å². The van der Waals surface area contributed by atoms with Gasteiger partial charge in [0.1, 0.15) is 6.04 Å². The summed E-state index contributed by atoms with van der Waals surface area (Å²) in [5, 5.41) is 3.11. The molecule has 2 aromatic rings. The summed E-state index contributed by atoms with van der Waals surface area (Å²) < 4.78 is 11.1. The second-order valence-corrected chi connectivity index (χ2v) is 9.96. The van der Waals surface area contributed by atoms with Gasteiger partial charge in [0.15, 0.2) is 11.5 Å². The number of nitrogens with one attached hydrogen (secondary N) is 1. The lowest BCUT2D eigenvalue weighted by molar-refractivity contribution is -0.132. The largest absolute Gasteiger partial charge is 0.493 e. The minimum absolute atomic E-state index is 0.0324. The van der Waals surface area contributed by atoms with Crippen molar-refractivity contribution in [1.29, 1.82) is 0 Å². The molecule has 2 unspecified atom stereocenters. The number of likely N-dealkylation sites (tertiary alicyclic amines) is 1. The summed E-state index contributed by atoms with van der Waals surface area (Å²) in [5.74, 6) is 2.16. The van der Waals surface area contributed by atoms with Crippen LogP contribution in [0.25, 0.3) is 0 Å². The third-order valence-corrected chi connectivity index (χ3v) is 7.52. The van der Waals surface area contributed by atoms with Crippen LogP contribution in [0.15, 0.2) is 42.5 Å². The Labute approximate surface area is 212 Å². The Hall–Kier alpha value is -2.87. The van der Waals surface area contributed by atoms with Crippen molar-refractivity contribution in [3.63, 3.8) is 0 Å². The molecule has 0 bridgehead atoms. The van der Waals surface area contributed by atoms with E-state index in [4.69, 9.17) is 9.47 Å². The van der Waals surface area contributed by atoms with E-state index in [-0.39, 0.29) is 18.0 Å². The molecule has 2 heterocycles. The predicted molar refractivity (Wildman–Crippen MR) is 139 cm³/mol. The van der Waals surface area contributed by atoms with E-state index in [9.17, 15) is 9.59 Å². The maximum Gasteiger partial charge on any atom is 0.318 e. The number of amides is 3. The maximum absolute atomic E-state index is 13.7. The number of thioether (sulfide) groups is 1. The molecule has 0 saturated carbocycles. The summed E-state index contributed by atoms with van der Waals surface area (Å²) in [6.45, 7) is 2.09. The van der Waals surface area contributed by atoms with Gasteiger partial charge in [-0.2, -0.15) is 11.8 Å². The van der Waals surface area contributed by atoms with Gasteiger partial charge in [-0.15, -0.1) is 0 Å². The number of rotatable bonds is 8. The third kappa shape index (κ3) is 5.53. The van der Waals surface area contributed by atoms with E-state index in [0.29, 0.717) is 30.9 Å². The summed E-state index contributed by atoms with van der Waals surface area (Å²) in [6, 6.07) is 13.0. The fourth-order valence-electron chi connectivity index (χ4n) is 5.04. The molecule has 0 aromatic heterocycles. The van der Waals surface area contributed by atoms with Crippen LogP contribution in [0.2, 0.25) is 0 Å². The molecule has 2 aromatic carbocycles. The number of hydrogen-bond acceptors (Lipinski definition) is 5. The Balaban J connectivity index is 1.65. The number of hydrogen-bond donors (Lipinski definition) is 1. The van der Waals surface area contributed by atoms with Gasteiger partial charge in [-0.25, -0.2) is 4.79 Å². The van der Waals surface area contributed by atoms with Crippen LogP contribution in [0.3, 0.4) is 0 Å². The van der Waals surface area contributed by atoms with Gasteiger partial charge in [0, 0.05) is 19.6 Å². The quantitative estimate of drug-likeness (QED) is 0.595. The lowest BCUT2D eigenvalue weighted by atomic mass is 9.88. The zero-order valence-corrected chi connectivity index (χ0v) is 21.6. The summed E-state index contributed by atoms with van der Waals surface area (Å²) in [5.41, 5.74) is 3.16. The molecule has 2 atom stereocenters. The van der Waals surface area contributed by atoms with Crippen molar-refractivity contribution in [2.45, 2.75) is 37.8 Å². The first kappa shape index (κ1) is 25.2. The molecule has 4 rings (SSSR count). The van der Waals surface area contributed by atoms with E-state index in [1.807, 2.05) is 58.5 Å². The highest BCUT2D eigenvalue weighted by Crippen LogP contribution is 2.41. The van der Waals surface area contributed by atoms with Gasteiger partial charge in [-0.1, -0.05) is 30.3 Å². The molecule has 3 amide bonds. The SMILES string of the molecule is COc1cc2c(cc1OC)C(c1ccccc1)N(C(=O)NC(CCSC)C(=O)N1CCCC1)CC2. The monoisotopic (exact) mass is 497 g/mol. The van der Waals surface area contributed by atoms with Gasteiger partial charge in [0.05, 0.1) is 20.3 Å². The fraction of sp³-hybridized carbons (Fsp3) is 0.481. The normalized spacial score (nSPS) is 18.1. The van der Waals surface area contributed by atoms with Gasteiger partial charge in [-0.05, 0) is 66.5 Å². The highest BCUT2D eigenvalue weighted by molar-refractivity contribution is 7.98. The lowest BCUT2D eigenvalue weighted by Gasteiger charge is -2.39. The maximum atomic E-state index is 13.7. The van der Waals surface area contributed by atoms with Crippen molar-refractivity contribution in [1.82, 2.24) is 15.1 Å². The lowest BCUT2D eigenvalue weighted by Crippen LogP contribution is -2.54.